The zero-order chi connectivity index (χ0) is 12.8. The number of nitrogens with one attached hydrogen (secondary N) is 1. The molecule has 0 amide bonds. The van der Waals surface area contributed by atoms with Crippen LogP contribution < -0.4 is 5.32 Å². The van der Waals surface area contributed by atoms with Gasteiger partial charge in [0.25, 0.3) is 0 Å². The van der Waals surface area contributed by atoms with E-state index in [0.717, 1.165) is 6.54 Å². The Kier molecular flexibility index (Phi) is 4.48. The van der Waals surface area contributed by atoms with Crippen LogP contribution in [-0.4, -0.2) is 11.5 Å². The molecule has 1 aromatic carbocycles. The van der Waals surface area contributed by atoms with E-state index in [0.29, 0.717) is 12.0 Å². The van der Waals surface area contributed by atoms with E-state index < -0.39 is 0 Å². The van der Waals surface area contributed by atoms with Gasteiger partial charge in [0.15, 0.2) is 0 Å². The van der Waals surface area contributed by atoms with Crippen molar-refractivity contribution in [3.63, 3.8) is 0 Å². The Morgan fingerprint density at radius 3 is 2.39 bits per heavy atom. The van der Waals surface area contributed by atoms with Gasteiger partial charge in [-0.1, -0.05) is 43.3 Å². The third-order valence-corrected chi connectivity index (χ3v) is 3.28. The summed E-state index contributed by atoms with van der Waals surface area (Å²) in [6, 6.07) is 15.0. The molecular formula is C16H20N2. The van der Waals surface area contributed by atoms with E-state index in [4.69, 9.17) is 0 Å². The molecule has 0 fully saturated rings. The molecule has 1 unspecified atom stereocenters. The zero-order valence-electron chi connectivity index (χ0n) is 11.0. The van der Waals surface area contributed by atoms with Gasteiger partial charge in [0.05, 0.1) is 0 Å². The average Bonchev–Trinajstić information content (AvgIpc) is 2.46. The van der Waals surface area contributed by atoms with Gasteiger partial charge >= 0.3 is 0 Å². The van der Waals surface area contributed by atoms with Crippen molar-refractivity contribution in [2.24, 2.45) is 0 Å². The second-order valence-electron chi connectivity index (χ2n) is 4.73. The van der Waals surface area contributed by atoms with Gasteiger partial charge in [0.2, 0.25) is 0 Å². The first-order valence-electron chi connectivity index (χ1n) is 6.45. The number of hydrogen-bond acceptors (Lipinski definition) is 2. The third-order valence-electron chi connectivity index (χ3n) is 3.28. The SMILES string of the molecule is CC(CN[C@@H](C)c1cccnc1)c1ccccc1. The lowest BCUT2D eigenvalue weighted by Crippen LogP contribution is -2.23. The summed E-state index contributed by atoms with van der Waals surface area (Å²) in [5, 5.41) is 3.56. The molecule has 18 heavy (non-hydrogen) atoms. The summed E-state index contributed by atoms with van der Waals surface area (Å²) in [4.78, 5) is 4.15. The van der Waals surface area contributed by atoms with E-state index in [1.54, 1.807) is 0 Å². The Balaban J connectivity index is 1.89. The minimum atomic E-state index is 0.338. The van der Waals surface area contributed by atoms with Crippen LogP contribution in [0.3, 0.4) is 0 Å². The van der Waals surface area contributed by atoms with Gasteiger partial charge in [-0.3, -0.25) is 4.98 Å². The standard InChI is InChI=1S/C16H20N2/c1-13(15-7-4-3-5-8-15)11-18-14(2)16-9-6-10-17-12-16/h3-10,12-14,18H,11H2,1-2H3/t13?,14-/m0/s1. The summed E-state index contributed by atoms with van der Waals surface area (Å²) < 4.78 is 0. The maximum absolute atomic E-state index is 4.15. The van der Waals surface area contributed by atoms with E-state index in [1.165, 1.54) is 11.1 Å². The molecule has 1 aromatic heterocycles. The Hall–Kier alpha value is -1.67. The molecule has 0 radical (unpaired) electrons. The smallest absolute Gasteiger partial charge is 0.0315 e. The van der Waals surface area contributed by atoms with Crippen molar-refractivity contribution < 1.29 is 0 Å². The molecule has 1 heterocycles. The summed E-state index contributed by atoms with van der Waals surface area (Å²) in [5.41, 5.74) is 2.61. The Morgan fingerprint density at radius 2 is 1.72 bits per heavy atom. The van der Waals surface area contributed by atoms with Crippen LogP contribution in [0.25, 0.3) is 0 Å². The molecule has 2 aromatic rings. The zero-order valence-corrected chi connectivity index (χ0v) is 11.0. The molecule has 0 aliphatic carbocycles. The maximum atomic E-state index is 4.15. The Bertz CT molecular complexity index is 408. The molecule has 2 atom stereocenters. The predicted molar refractivity (Wildman–Crippen MR) is 75.5 cm³/mol. The van der Waals surface area contributed by atoms with E-state index in [1.807, 2.05) is 18.5 Å². The molecule has 0 bridgehead atoms. The molecule has 0 saturated heterocycles. The van der Waals surface area contributed by atoms with E-state index in [-0.39, 0.29) is 0 Å². The molecule has 2 nitrogen and oxygen atoms in total. The second-order valence-corrected chi connectivity index (χ2v) is 4.73. The molecule has 1 N–H and O–H groups in total. The van der Waals surface area contributed by atoms with Crippen molar-refractivity contribution >= 4 is 0 Å². The normalized spacial score (nSPS) is 14.1. The molecule has 2 rings (SSSR count). The first-order valence-corrected chi connectivity index (χ1v) is 6.45. The minimum Gasteiger partial charge on any atom is -0.310 e. The Morgan fingerprint density at radius 1 is 1.00 bits per heavy atom. The van der Waals surface area contributed by atoms with Crippen LogP contribution in [0, 0.1) is 0 Å². The highest BCUT2D eigenvalue weighted by Gasteiger charge is 2.08. The van der Waals surface area contributed by atoms with Crippen molar-refractivity contribution in [3.05, 3.63) is 66.0 Å². The summed E-state index contributed by atoms with van der Waals surface area (Å²) in [6.07, 6.45) is 3.73. The van der Waals surface area contributed by atoms with Gasteiger partial charge < -0.3 is 5.32 Å². The number of hydrogen-bond donors (Lipinski definition) is 1. The highest BCUT2D eigenvalue weighted by Crippen LogP contribution is 2.16. The van der Waals surface area contributed by atoms with E-state index in [2.05, 4.69) is 60.5 Å². The van der Waals surface area contributed by atoms with Crippen LogP contribution in [0.2, 0.25) is 0 Å². The largest absolute Gasteiger partial charge is 0.310 e. The summed E-state index contributed by atoms with van der Waals surface area (Å²) in [5.74, 6) is 0.519. The topological polar surface area (TPSA) is 24.9 Å². The summed E-state index contributed by atoms with van der Waals surface area (Å²) in [7, 11) is 0. The molecule has 0 saturated carbocycles. The maximum Gasteiger partial charge on any atom is 0.0315 e. The van der Waals surface area contributed by atoms with Crippen LogP contribution in [0.5, 0.6) is 0 Å². The van der Waals surface area contributed by atoms with E-state index >= 15 is 0 Å². The van der Waals surface area contributed by atoms with Crippen LogP contribution in [0.1, 0.15) is 36.9 Å². The van der Waals surface area contributed by atoms with Crippen LogP contribution in [0.15, 0.2) is 54.9 Å². The van der Waals surface area contributed by atoms with Crippen molar-refractivity contribution in [1.82, 2.24) is 10.3 Å². The average molecular weight is 240 g/mol. The van der Waals surface area contributed by atoms with Crippen LogP contribution >= 0.6 is 0 Å². The van der Waals surface area contributed by atoms with Crippen LogP contribution in [-0.2, 0) is 0 Å². The lowest BCUT2D eigenvalue weighted by atomic mass is 10.0. The second kappa shape index (κ2) is 6.31. The third kappa shape index (κ3) is 3.41. The summed E-state index contributed by atoms with van der Waals surface area (Å²) in [6.45, 7) is 5.40. The fraction of sp³-hybridized carbons (Fsp3) is 0.312. The Labute approximate surface area is 109 Å². The van der Waals surface area contributed by atoms with Crippen molar-refractivity contribution in [1.29, 1.82) is 0 Å². The number of rotatable bonds is 5. The summed E-state index contributed by atoms with van der Waals surface area (Å²) >= 11 is 0. The predicted octanol–water partition coefficient (Wildman–Crippen LogP) is 3.54. The van der Waals surface area contributed by atoms with Gasteiger partial charge in [-0.15, -0.1) is 0 Å². The molecular weight excluding hydrogens is 220 g/mol. The number of nitrogens with zero attached hydrogens (tertiary/aromatic N) is 1. The van der Waals surface area contributed by atoms with Gasteiger partial charge in [-0.25, -0.2) is 0 Å². The van der Waals surface area contributed by atoms with Crippen LogP contribution in [0.4, 0.5) is 0 Å². The number of benzene rings is 1. The lowest BCUT2D eigenvalue weighted by Gasteiger charge is -2.18. The molecule has 0 aliphatic heterocycles. The van der Waals surface area contributed by atoms with Gasteiger partial charge in [-0.05, 0) is 30.0 Å². The van der Waals surface area contributed by atoms with E-state index in [9.17, 15) is 0 Å². The van der Waals surface area contributed by atoms with Gasteiger partial charge in [0, 0.05) is 25.0 Å². The highest BCUT2D eigenvalue weighted by atomic mass is 14.9. The fourth-order valence-corrected chi connectivity index (χ4v) is 2.00. The fourth-order valence-electron chi connectivity index (χ4n) is 2.00. The lowest BCUT2D eigenvalue weighted by molar-refractivity contribution is 0.536. The van der Waals surface area contributed by atoms with Crippen molar-refractivity contribution in [3.8, 4) is 0 Å². The molecule has 2 heteroatoms. The first-order chi connectivity index (χ1) is 8.77. The van der Waals surface area contributed by atoms with Gasteiger partial charge in [0.1, 0.15) is 0 Å². The quantitative estimate of drug-likeness (QED) is 0.864. The first kappa shape index (κ1) is 12.8. The number of aromatic nitrogens is 1. The monoisotopic (exact) mass is 240 g/mol. The van der Waals surface area contributed by atoms with Crippen molar-refractivity contribution in [2.75, 3.05) is 6.54 Å². The highest BCUT2D eigenvalue weighted by molar-refractivity contribution is 5.19. The van der Waals surface area contributed by atoms with Crippen molar-refractivity contribution in [2.45, 2.75) is 25.8 Å². The molecule has 94 valence electrons. The molecule has 0 aliphatic rings. The minimum absolute atomic E-state index is 0.338. The molecule has 0 spiro atoms. The van der Waals surface area contributed by atoms with Gasteiger partial charge in [-0.2, -0.15) is 0 Å². The number of pyridine rings is 1.